The molecule has 3 rings (SSSR count). The zero-order valence-corrected chi connectivity index (χ0v) is 9.11. The van der Waals surface area contributed by atoms with Crippen molar-refractivity contribution in [2.45, 2.75) is 25.4 Å². The van der Waals surface area contributed by atoms with Crippen molar-refractivity contribution >= 4 is 0 Å². The predicted molar refractivity (Wildman–Crippen MR) is 63.3 cm³/mol. The minimum Gasteiger partial charge on any atom is -0.382 e. The fourth-order valence-electron chi connectivity index (χ4n) is 2.46. The molecule has 2 heteroatoms. The van der Waals surface area contributed by atoms with Crippen LogP contribution < -0.4 is 0 Å². The summed E-state index contributed by atoms with van der Waals surface area (Å²) in [6.45, 7) is 0. The highest BCUT2D eigenvalue weighted by Crippen LogP contribution is 2.27. The second-order valence-electron chi connectivity index (χ2n) is 4.41. The summed E-state index contributed by atoms with van der Waals surface area (Å²) < 4.78 is 0. The molecule has 0 saturated carbocycles. The Kier molecular flexibility index (Phi) is 2.29. The molecule has 0 amide bonds. The standard InChI is InChI=1S/C14H15NO/c16-14(13-5-2-8-15-13)12-7-6-10-3-1-4-11(10)9-12/h2,5-9,14-16H,1,3-4H2. The zero-order valence-electron chi connectivity index (χ0n) is 9.11. The van der Waals surface area contributed by atoms with Crippen LogP contribution in [0, 0.1) is 0 Å². The van der Waals surface area contributed by atoms with Gasteiger partial charge in [0.2, 0.25) is 0 Å². The average Bonchev–Trinajstić information content (AvgIpc) is 2.98. The zero-order chi connectivity index (χ0) is 11.0. The summed E-state index contributed by atoms with van der Waals surface area (Å²) in [7, 11) is 0. The molecule has 82 valence electrons. The van der Waals surface area contributed by atoms with E-state index < -0.39 is 6.10 Å². The third kappa shape index (κ3) is 1.55. The van der Waals surface area contributed by atoms with Crippen molar-refractivity contribution in [1.82, 2.24) is 4.98 Å². The first-order valence-corrected chi connectivity index (χ1v) is 5.77. The summed E-state index contributed by atoms with van der Waals surface area (Å²) >= 11 is 0. The smallest absolute Gasteiger partial charge is 0.119 e. The van der Waals surface area contributed by atoms with Crippen LogP contribution in [-0.2, 0) is 12.8 Å². The molecule has 0 aliphatic heterocycles. The molecule has 0 saturated heterocycles. The Morgan fingerprint density at radius 2 is 2.00 bits per heavy atom. The molecule has 2 nitrogen and oxygen atoms in total. The Hall–Kier alpha value is -1.54. The van der Waals surface area contributed by atoms with Gasteiger partial charge in [-0.2, -0.15) is 0 Å². The molecular weight excluding hydrogens is 198 g/mol. The number of benzene rings is 1. The van der Waals surface area contributed by atoms with Gasteiger partial charge in [-0.05, 0) is 48.1 Å². The van der Waals surface area contributed by atoms with Gasteiger partial charge in [0, 0.05) is 11.9 Å². The van der Waals surface area contributed by atoms with Crippen molar-refractivity contribution in [1.29, 1.82) is 0 Å². The van der Waals surface area contributed by atoms with E-state index in [1.807, 2.05) is 24.4 Å². The van der Waals surface area contributed by atoms with E-state index in [0.29, 0.717) is 0 Å². The van der Waals surface area contributed by atoms with E-state index in [4.69, 9.17) is 0 Å². The van der Waals surface area contributed by atoms with E-state index >= 15 is 0 Å². The molecule has 0 spiro atoms. The van der Waals surface area contributed by atoms with E-state index in [-0.39, 0.29) is 0 Å². The summed E-state index contributed by atoms with van der Waals surface area (Å²) in [5.41, 5.74) is 4.70. The number of aliphatic hydroxyl groups is 1. The van der Waals surface area contributed by atoms with Gasteiger partial charge in [-0.15, -0.1) is 0 Å². The van der Waals surface area contributed by atoms with Gasteiger partial charge in [0.25, 0.3) is 0 Å². The lowest BCUT2D eigenvalue weighted by molar-refractivity contribution is 0.216. The molecule has 1 aromatic carbocycles. The molecule has 0 radical (unpaired) electrons. The van der Waals surface area contributed by atoms with Crippen LogP contribution >= 0.6 is 0 Å². The summed E-state index contributed by atoms with van der Waals surface area (Å²) in [6.07, 6.45) is 4.90. The molecule has 16 heavy (non-hydrogen) atoms. The van der Waals surface area contributed by atoms with Crippen molar-refractivity contribution < 1.29 is 5.11 Å². The number of rotatable bonds is 2. The maximum atomic E-state index is 10.2. The molecule has 1 unspecified atom stereocenters. The van der Waals surface area contributed by atoms with Crippen LogP contribution in [0.3, 0.4) is 0 Å². The third-order valence-corrected chi connectivity index (χ3v) is 3.35. The highest BCUT2D eigenvalue weighted by molar-refractivity contribution is 5.38. The molecule has 1 aliphatic carbocycles. The molecule has 1 heterocycles. The van der Waals surface area contributed by atoms with Crippen LogP contribution in [0.15, 0.2) is 36.5 Å². The molecule has 1 aliphatic rings. The molecule has 0 fully saturated rings. The van der Waals surface area contributed by atoms with Crippen LogP contribution in [-0.4, -0.2) is 10.1 Å². The second kappa shape index (κ2) is 3.80. The third-order valence-electron chi connectivity index (χ3n) is 3.35. The van der Waals surface area contributed by atoms with E-state index in [1.54, 1.807) is 0 Å². The monoisotopic (exact) mass is 213 g/mol. The Labute approximate surface area is 94.9 Å². The molecule has 1 atom stereocenters. The number of aliphatic hydroxyl groups excluding tert-OH is 1. The Balaban J connectivity index is 1.95. The molecule has 2 aromatic rings. The number of aromatic nitrogens is 1. The topological polar surface area (TPSA) is 36.0 Å². The maximum Gasteiger partial charge on any atom is 0.119 e. The summed E-state index contributed by atoms with van der Waals surface area (Å²) in [5.74, 6) is 0. The van der Waals surface area contributed by atoms with E-state index in [0.717, 1.165) is 17.7 Å². The van der Waals surface area contributed by atoms with Gasteiger partial charge in [0.05, 0.1) is 0 Å². The predicted octanol–water partition coefficient (Wildman–Crippen LogP) is 2.59. The van der Waals surface area contributed by atoms with Crippen molar-refractivity contribution in [2.75, 3.05) is 0 Å². The number of hydrogen-bond donors (Lipinski definition) is 2. The lowest BCUT2D eigenvalue weighted by atomic mass is 10.0. The van der Waals surface area contributed by atoms with Gasteiger partial charge in [-0.25, -0.2) is 0 Å². The first-order valence-electron chi connectivity index (χ1n) is 5.77. The number of hydrogen-bond acceptors (Lipinski definition) is 1. The molecule has 1 aromatic heterocycles. The molecule has 2 N–H and O–H groups in total. The fraction of sp³-hybridized carbons (Fsp3) is 0.286. The Bertz CT molecular complexity index is 487. The lowest BCUT2D eigenvalue weighted by Gasteiger charge is -2.11. The maximum absolute atomic E-state index is 10.2. The van der Waals surface area contributed by atoms with Gasteiger partial charge in [0.1, 0.15) is 6.10 Å². The van der Waals surface area contributed by atoms with Crippen LogP contribution in [0.1, 0.15) is 34.9 Å². The van der Waals surface area contributed by atoms with E-state index in [2.05, 4.69) is 17.1 Å². The Morgan fingerprint density at radius 3 is 2.81 bits per heavy atom. The van der Waals surface area contributed by atoms with Crippen LogP contribution in [0.4, 0.5) is 0 Å². The minimum absolute atomic E-state index is 0.527. The van der Waals surface area contributed by atoms with Crippen molar-refractivity contribution in [3.63, 3.8) is 0 Å². The highest BCUT2D eigenvalue weighted by Gasteiger charge is 2.15. The number of H-pyrrole nitrogens is 1. The van der Waals surface area contributed by atoms with Crippen molar-refractivity contribution in [3.05, 3.63) is 58.9 Å². The van der Waals surface area contributed by atoms with Gasteiger partial charge >= 0.3 is 0 Å². The van der Waals surface area contributed by atoms with Gasteiger partial charge in [0.15, 0.2) is 0 Å². The van der Waals surface area contributed by atoms with Gasteiger partial charge in [-0.1, -0.05) is 18.2 Å². The molecule has 0 bridgehead atoms. The van der Waals surface area contributed by atoms with Gasteiger partial charge < -0.3 is 10.1 Å². The minimum atomic E-state index is -0.527. The summed E-state index contributed by atoms with van der Waals surface area (Å²) in [6, 6.07) is 10.2. The highest BCUT2D eigenvalue weighted by atomic mass is 16.3. The van der Waals surface area contributed by atoms with Gasteiger partial charge in [-0.3, -0.25) is 0 Å². The normalized spacial score (nSPS) is 16.1. The average molecular weight is 213 g/mol. The number of nitrogens with one attached hydrogen (secondary N) is 1. The summed E-state index contributed by atoms with van der Waals surface area (Å²) in [5, 5.41) is 10.2. The lowest BCUT2D eigenvalue weighted by Crippen LogP contribution is -2.00. The number of aromatic amines is 1. The van der Waals surface area contributed by atoms with Crippen LogP contribution in [0.5, 0.6) is 0 Å². The summed E-state index contributed by atoms with van der Waals surface area (Å²) in [4.78, 5) is 3.05. The largest absolute Gasteiger partial charge is 0.382 e. The van der Waals surface area contributed by atoms with E-state index in [9.17, 15) is 5.11 Å². The molecular formula is C14H15NO. The van der Waals surface area contributed by atoms with Crippen LogP contribution in [0.25, 0.3) is 0 Å². The number of fused-ring (bicyclic) bond motifs is 1. The van der Waals surface area contributed by atoms with E-state index in [1.165, 1.54) is 24.0 Å². The first-order chi connectivity index (χ1) is 7.84. The quantitative estimate of drug-likeness (QED) is 0.790. The second-order valence-corrected chi connectivity index (χ2v) is 4.41. The Morgan fingerprint density at radius 1 is 1.12 bits per heavy atom. The SMILES string of the molecule is OC(c1ccc2c(c1)CCC2)c1ccc[nH]1. The van der Waals surface area contributed by atoms with Crippen molar-refractivity contribution in [3.8, 4) is 0 Å². The van der Waals surface area contributed by atoms with Crippen LogP contribution in [0.2, 0.25) is 0 Å². The fourth-order valence-corrected chi connectivity index (χ4v) is 2.46. The number of aryl methyl sites for hydroxylation is 2. The first kappa shape index (κ1) is 9.67. The van der Waals surface area contributed by atoms with Crippen molar-refractivity contribution in [2.24, 2.45) is 0 Å².